The molecule has 0 spiro atoms. The molecule has 0 atom stereocenters. The molecule has 2 N–H and O–H groups in total. The Morgan fingerprint density at radius 1 is 1.30 bits per heavy atom. The fourth-order valence-corrected chi connectivity index (χ4v) is 2.93. The van der Waals surface area contributed by atoms with Crippen LogP contribution in [-0.2, 0) is 0 Å². The summed E-state index contributed by atoms with van der Waals surface area (Å²) >= 11 is 5.88. The van der Waals surface area contributed by atoms with Gasteiger partial charge in [-0.2, -0.15) is 0 Å². The molecule has 0 aliphatic heterocycles. The molecule has 1 amide bonds. The maximum Gasteiger partial charge on any atom is 0.489 e. The number of nitrogens with zero attached hydrogens (tertiary/aromatic N) is 1. The number of amides is 1. The fraction of sp³-hybridized carbons (Fsp3) is 0.500. The quantitative estimate of drug-likeness (QED) is 0.829. The molecule has 4 nitrogen and oxygen atoms in total. The van der Waals surface area contributed by atoms with Crippen LogP contribution < -0.4 is 5.46 Å². The average Bonchev–Trinajstić information content (AvgIpc) is 2.47. The number of benzene rings is 1. The molecular weight excluding hydrogens is 276 g/mol. The van der Waals surface area contributed by atoms with Gasteiger partial charge in [-0.15, -0.1) is 0 Å². The van der Waals surface area contributed by atoms with E-state index in [0.717, 1.165) is 25.7 Å². The number of rotatable bonds is 3. The molecule has 108 valence electrons. The minimum atomic E-state index is -1.67. The van der Waals surface area contributed by atoms with Crippen molar-refractivity contribution in [2.24, 2.45) is 0 Å². The molecule has 0 bridgehead atoms. The molecule has 2 rings (SSSR count). The predicted molar refractivity (Wildman–Crippen MR) is 80.2 cm³/mol. The largest absolute Gasteiger partial charge is 0.489 e. The first-order valence-electron chi connectivity index (χ1n) is 6.93. The summed E-state index contributed by atoms with van der Waals surface area (Å²) in [5.74, 6) is -0.101. The molecule has 1 aliphatic carbocycles. The van der Waals surface area contributed by atoms with Crippen LogP contribution in [0.2, 0.25) is 5.02 Å². The number of hydrogen-bond acceptors (Lipinski definition) is 3. The molecule has 1 saturated carbocycles. The van der Waals surface area contributed by atoms with E-state index in [1.165, 1.54) is 18.6 Å². The van der Waals surface area contributed by atoms with E-state index in [4.69, 9.17) is 11.6 Å². The molecule has 1 fully saturated rings. The van der Waals surface area contributed by atoms with Gasteiger partial charge in [0.05, 0.1) is 0 Å². The topological polar surface area (TPSA) is 60.8 Å². The van der Waals surface area contributed by atoms with E-state index in [2.05, 4.69) is 0 Å². The Balaban J connectivity index is 2.17. The lowest BCUT2D eigenvalue weighted by atomic mass is 9.79. The highest BCUT2D eigenvalue weighted by Crippen LogP contribution is 2.23. The van der Waals surface area contributed by atoms with E-state index in [9.17, 15) is 14.8 Å². The molecule has 0 aromatic heterocycles. The van der Waals surface area contributed by atoms with Crippen molar-refractivity contribution >= 4 is 30.1 Å². The minimum Gasteiger partial charge on any atom is -0.423 e. The molecule has 1 aliphatic rings. The van der Waals surface area contributed by atoms with Gasteiger partial charge in [0.25, 0.3) is 5.91 Å². The van der Waals surface area contributed by atoms with Crippen molar-refractivity contribution in [3.8, 4) is 0 Å². The summed E-state index contributed by atoms with van der Waals surface area (Å²) in [5.41, 5.74) is 0.597. The van der Waals surface area contributed by atoms with Crippen molar-refractivity contribution in [3.05, 3.63) is 28.8 Å². The minimum absolute atomic E-state index is 0.101. The molecule has 0 saturated heterocycles. The predicted octanol–water partition coefficient (Wildman–Crippen LogP) is 1.42. The Bertz CT molecular complexity index is 489. The van der Waals surface area contributed by atoms with Crippen LogP contribution in [0, 0.1) is 0 Å². The average molecular weight is 296 g/mol. The van der Waals surface area contributed by atoms with Gasteiger partial charge in [-0.25, -0.2) is 0 Å². The smallest absolute Gasteiger partial charge is 0.423 e. The molecule has 0 heterocycles. The lowest BCUT2D eigenvalue weighted by molar-refractivity contribution is 0.0696. The van der Waals surface area contributed by atoms with Gasteiger partial charge < -0.3 is 14.9 Å². The summed E-state index contributed by atoms with van der Waals surface area (Å²) in [4.78, 5) is 14.2. The Hall–Kier alpha value is -1.04. The highest BCUT2D eigenvalue weighted by atomic mass is 35.5. The van der Waals surface area contributed by atoms with Crippen LogP contribution in [0.15, 0.2) is 18.2 Å². The van der Waals surface area contributed by atoms with Gasteiger partial charge in [-0.1, -0.05) is 30.9 Å². The molecular formula is C14H19BClNO3. The molecule has 1 aromatic rings. The van der Waals surface area contributed by atoms with Crippen LogP contribution in [0.4, 0.5) is 0 Å². The maximum absolute atomic E-state index is 12.4. The highest BCUT2D eigenvalue weighted by molar-refractivity contribution is 6.62. The van der Waals surface area contributed by atoms with Gasteiger partial charge in [0, 0.05) is 29.1 Å². The van der Waals surface area contributed by atoms with Gasteiger partial charge in [-0.3, -0.25) is 4.79 Å². The van der Waals surface area contributed by atoms with Crippen LogP contribution in [0.3, 0.4) is 0 Å². The Morgan fingerprint density at radius 3 is 2.55 bits per heavy atom. The molecule has 6 heteroatoms. The first-order valence-corrected chi connectivity index (χ1v) is 7.31. The van der Waals surface area contributed by atoms with Crippen molar-refractivity contribution in [2.45, 2.75) is 38.1 Å². The van der Waals surface area contributed by atoms with Gasteiger partial charge in [0.2, 0.25) is 0 Å². The van der Waals surface area contributed by atoms with Gasteiger partial charge in [0.15, 0.2) is 0 Å². The second-order valence-corrected chi connectivity index (χ2v) is 5.73. The van der Waals surface area contributed by atoms with E-state index >= 15 is 0 Å². The zero-order valence-corrected chi connectivity index (χ0v) is 12.3. The van der Waals surface area contributed by atoms with Crippen molar-refractivity contribution in [2.75, 3.05) is 7.05 Å². The van der Waals surface area contributed by atoms with Crippen molar-refractivity contribution in [3.63, 3.8) is 0 Å². The van der Waals surface area contributed by atoms with Gasteiger partial charge in [0.1, 0.15) is 0 Å². The third-order valence-electron chi connectivity index (χ3n) is 3.96. The van der Waals surface area contributed by atoms with Crippen LogP contribution in [-0.4, -0.2) is 41.1 Å². The van der Waals surface area contributed by atoms with E-state index in [-0.39, 0.29) is 22.4 Å². The number of carbonyl (C=O) groups excluding carboxylic acids is 1. The van der Waals surface area contributed by atoms with Crippen molar-refractivity contribution in [1.82, 2.24) is 4.90 Å². The highest BCUT2D eigenvalue weighted by Gasteiger charge is 2.24. The number of carbonyl (C=O) groups is 1. The fourth-order valence-electron chi connectivity index (χ4n) is 2.71. The van der Waals surface area contributed by atoms with E-state index < -0.39 is 7.12 Å². The lowest BCUT2D eigenvalue weighted by Crippen LogP contribution is -2.39. The standard InChI is InChI=1S/C14H19BClNO3/c1-17(11-5-3-2-4-6-11)14(18)10-7-8-13(16)12(9-10)15(19)20/h7-9,11,19-20H,2-6H2,1H3. The summed E-state index contributed by atoms with van der Waals surface area (Å²) < 4.78 is 0. The molecule has 20 heavy (non-hydrogen) atoms. The monoisotopic (exact) mass is 295 g/mol. The van der Waals surface area contributed by atoms with Crippen LogP contribution in [0.1, 0.15) is 42.5 Å². The third-order valence-corrected chi connectivity index (χ3v) is 4.31. The Kier molecular flexibility index (Phi) is 5.08. The number of hydrogen-bond donors (Lipinski definition) is 2. The van der Waals surface area contributed by atoms with Crippen LogP contribution in [0.25, 0.3) is 0 Å². The Labute approximate surface area is 124 Å². The third kappa shape index (κ3) is 3.34. The second kappa shape index (κ2) is 6.61. The normalized spacial score (nSPS) is 16.0. The van der Waals surface area contributed by atoms with E-state index in [1.54, 1.807) is 11.0 Å². The molecule has 0 unspecified atom stereocenters. The Morgan fingerprint density at radius 2 is 1.95 bits per heavy atom. The van der Waals surface area contributed by atoms with Crippen LogP contribution in [0.5, 0.6) is 0 Å². The second-order valence-electron chi connectivity index (χ2n) is 5.32. The van der Waals surface area contributed by atoms with Gasteiger partial charge >= 0.3 is 7.12 Å². The molecule has 0 radical (unpaired) electrons. The van der Waals surface area contributed by atoms with Crippen molar-refractivity contribution in [1.29, 1.82) is 0 Å². The lowest BCUT2D eigenvalue weighted by Gasteiger charge is -2.31. The van der Waals surface area contributed by atoms with Crippen molar-refractivity contribution < 1.29 is 14.8 Å². The zero-order chi connectivity index (χ0) is 14.7. The summed E-state index contributed by atoms with van der Waals surface area (Å²) in [6.07, 6.45) is 5.62. The zero-order valence-electron chi connectivity index (χ0n) is 11.6. The summed E-state index contributed by atoms with van der Waals surface area (Å²) in [5, 5.41) is 18.7. The molecule has 1 aromatic carbocycles. The summed E-state index contributed by atoms with van der Waals surface area (Å²) in [6, 6.07) is 4.87. The number of halogens is 1. The first kappa shape index (κ1) is 15.4. The van der Waals surface area contributed by atoms with E-state index in [1.807, 2.05) is 7.05 Å². The maximum atomic E-state index is 12.4. The first-order chi connectivity index (χ1) is 9.50. The summed E-state index contributed by atoms with van der Waals surface area (Å²) in [7, 11) is 0.136. The van der Waals surface area contributed by atoms with Gasteiger partial charge in [-0.05, 0) is 31.0 Å². The van der Waals surface area contributed by atoms with Crippen LogP contribution >= 0.6 is 11.6 Å². The SMILES string of the molecule is CN(C(=O)c1ccc(Cl)c(B(O)O)c1)C1CCCCC1. The van der Waals surface area contributed by atoms with E-state index in [0.29, 0.717) is 5.56 Å². The summed E-state index contributed by atoms with van der Waals surface area (Å²) in [6.45, 7) is 0.